The molecule has 1 aromatic rings. The highest BCUT2D eigenvalue weighted by Crippen LogP contribution is 2.21. The third-order valence-electron chi connectivity index (χ3n) is 5.81. The minimum absolute atomic E-state index is 0.395. The van der Waals surface area contributed by atoms with Gasteiger partial charge < -0.3 is 10.4 Å². The Morgan fingerprint density at radius 3 is 1.76 bits per heavy atom. The molecule has 3 nitrogen and oxygen atoms in total. The first-order valence-corrected chi connectivity index (χ1v) is 12.1. The van der Waals surface area contributed by atoms with Gasteiger partial charge in [0.1, 0.15) is 0 Å². The molecule has 1 aromatic carbocycles. The third-order valence-corrected chi connectivity index (χ3v) is 5.81. The molecular formula is C26H45NO2. The number of carboxylic acid groups (broad SMARTS) is 1. The third kappa shape index (κ3) is 12.6. The highest BCUT2D eigenvalue weighted by atomic mass is 16.4. The number of nitrogens with one attached hydrogen (secondary N) is 1. The Labute approximate surface area is 179 Å². The van der Waals surface area contributed by atoms with E-state index >= 15 is 0 Å². The lowest BCUT2D eigenvalue weighted by Crippen LogP contribution is -2.10. The van der Waals surface area contributed by atoms with Crippen molar-refractivity contribution >= 4 is 11.7 Å². The summed E-state index contributed by atoms with van der Waals surface area (Å²) < 4.78 is 0. The Balaban J connectivity index is 1.95. The number of carboxylic acids is 1. The van der Waals surface area contributed by atoms with Gasteiger partial charge in [-0.1, -0.05) is 104 Å². The van der Waals surface area contributed by atoms with E-state index in [0.29, 0.717) is 6.42 Å². The van der Waals surface area contributed by atoms with Gasteiger partial charge in [-0.05, 0) is 36.5 Å². The number of benzene rings is 1. The van der Waals surface area contributed by atoms with Crippen molar-refractivity contribution in [1.82, 2.24) is 0 Å². The summed E-state index contributed by atoms with van der Waals surface area (Å²) in [6.07, 6.45) is 17.1. The van der Waals surface area contributed by atoms with Crippen LogP contribution in [0.3, 0.4) is 0 Å². The smallest absolute Gasteiger partial charge is 0.310 e. The summed E-state index contributed by atoms with van der Waals surface area (Å²) in [5.74, 6) is -0.271. The second-order valence-corrected chi connectivity index (χ2v) is 8.92. The number of anilines is 1. The van der Waals surface area contributed by atoms with Crippen LogP contribution in [0, 0.1) is 5.92 Å². The normalized spacial score (nSPS) is 12.3. The summed E-state index contributed by atoms with van der Waals surface area (Å²) in [5.41, 5.74) is 1.98. The van der Waals surface area contributed by atoms with Gasteiger partial charge in [0.05, 0.1) is 5.92 Å². The van der Waals surface area contributed by atoms with Crippen molar-refractivity contribution in [3.8, 4) is 0 Å². The molecule has 0 saturated carbocycles. The second kappa shape index (κ2) is 16.3. The lowest BCUT2D eigenvalue weighted by molar-refractivity contribution is -0.138. The Hall–Kier alpha value is -1.51. The van der Waals surface area contributed by atoms with Gasteiger partial charge in [-0.15, -0.1) is 0 Å². The molecule has 0 spiro atoms. The Bertz CT molecular complexity index is 524. The van der Waals surface area contributed by atoms with E-state index in [9.17, 15) is 9.90 Å². The fourth-order valence-corrected chi connectivity index (χ4v) is 3.89. The maximum absolute atomic E-state index is 11.2. The molecular weight excluding hydrogens is 358 g/mol. The van der Waals surface area contributed by atoms with E-state index in [1.165, 1.54) is 77.0 Å². The van der Waals surface area contributed by atoms with Gasteiger partial charge in [0.2, 0.25) is 0 Å². The van der Waals surface area contributed by atoms with Gasteiger partial charge in [0.25, 0.3) is 0 Å². The van der Waals surface area contributed by atoms with Crippen LogP contribution in [0.15, 0.2) is 24.3 Å². The summed E-state index contributed by atoms with van der Waals surface area (Å²) in [5, 5.41) is 12.7. The summed E-state index contributed by atoms with van der Waals surface area (Å²) in [6.45, 7) is 7.54. The Morgan fingerprint density at radius 1 is 0.828 bits per heavy atom. The highest BCUT2D eigenvalue weighted by molar-refractivity contribution is 5.76. The van der Waals surface area contributed by atoms with Crippen molar-refractivity contribution in [3.05, 3.63) is 29.8 Å². The quantitative estimate of drug-likeness (QED) is 0.244. The number of hydrogen-bond acceptors (Lipinski definition) is 2. The number of carbonyl (C=O) groups is 1. The zero-order chi connectivity index (χ0) is 21.3. The minimum Gasteiger partial charge on any atom is -0.481 e. The van der Waals surface area contributed by atoms with E-state index in [2.05, 4.69) is 19.2 Å². The first-order valence-electron chi connectivity index (χ1n) is 12.1. The minimum atomic E-state index is -0.741. The molecule has 0 radical (unpaired) electrons. The second-order valence-electron chi connectivity index (χ2n) is 8.92. The van der Waals surface area contributed by atoms with Crippen LogP contribution in [0.1, 0.15) is 116 Å². The average molecular weight is 404 g/mol. The Morgan fingerprint density at radius 2 is 1.31 bits per heavy atom. The van der Waals surface area contributed by atoms with Crippen LogP contribution >= 0.6 is 0 Å². The maximum atomic E-state index is 11.2. The lowest BCUT2D eigenvalue weighted by atomic mass is 9.96. The first kappa shape index (κ1) is 25.5. The molecule has 0 saturated heterocycles. The number of hydrogen-bond donors (Lipinski definition) is 2. The molecule has 3 heteroatoms. The SMILES string of the molecule is CCC(C(=O)O)c1ccc(NCCCCCCCCCCCCCC(C)C)cc1. The van der Waals surface area contributed by atoms with Crippen molar-refractivity contribution in [2.45, 2.75) is 110 Å². The first-order chi connectivity index (χ1) is 14.0. The van der Waals surface area contributed by atoms with Gasteiger partial charge in [-0.25, -0.2) is 0 Å². The van der Waals surface area contributed by atoms with Crippen LogP contribution in [0.25, 0.3) is 0 Å². The molecule has 0 amide bonds. The molecule has 1 rings (SSSR count). The van der Waals surface area contributed by atoms with Crippen molar-refractivity contribution in [2.75, 3.05) is 11.9 Å². The van der Waals surface area contributed by atoms with Crippen LogP contribution in [-0.4, -0.2) is 17.6 Å². The molecule has 0 aliphatic heterocycles. The van der Waals surface area contributed by atoms with Gasteiger partial charge in [-0.3, -0.25) is 4.79 Å². The van der Waals surface area contributed by atoms with Crippen molar-refractivity contribution < 1.29 is 9.90 Å². The fourth-order valence-electron chi connectivity index (χ4n) is 3.89. The van der Waals surface area contributed by atoms with E-state index in [0.717, 1.165) is 23.7 Å². The van der Waals surface area contributed by atoms with Crippen LogP contribution in [0.5, 0.6) is 0 Å². The van der Waals surface area contributed by atoms with E-state index in [-0.39, 0.29) is 0 Å². The average Bonchev–Trinajstić information content (AvgIpc) is 2.69. The summed E-state index contributed by atoms with van der Waals surface area (Å²) >= 11 is 0. The van der Waals surface area contributed by atoms with Crippen LogP contribution in [0.2, 0.25) is 0 Å². The summed E-state index contributed by atoms with van der Waals surface area (Å²) in [7, 11) is 0. The molecule has 0 heterocycles. The summed E-state index contributed by atoms with van der Waals surface area (Å²) in [6, 6.07) is 7.89. The number of aliphatic carboxylic acids is 1. The standard InChI is InChI=1S/C26H45NO2/c1-4-25(26(28)29)23-17-19-24(20-18-23)27-21-15-13-11-9-7-5-6-8-10-12-14-16-22(2)3/h17-20,22,25,27H,4-16,21H2,1-3H3,(H,28,29). The van der Waals surface area contributed by atoms with Crippen LogP contribution < -0.4 is 5.32 Å². The zero-order valence-corrected chi connectivity index (χ0v) is 19.2. The number of unbranched alkanes of at least 4 members (excludes halogenated alkanes) is 10. The van der Waals surface area contributed by atoms with Crippen molar-refractivity contribution in [2.24, 2.45) is 5.92 Å². The van der Waals surface area contributed by atoms with E-state index in [4.69, 9.17) is 0 Å². The molecule has 0 aliphatic carbocycles. The van der Waals surface area contributed by atoms with Crippen molar-refractivity contribution in [3.63, 3.8) is 0 Å². The maximum Gasteiger partial charge on any atom is 0.310 e. The molecule has 0 fully saturated rings. The fraction of sp³-hybridized carbons (Fsp3) is 0.731. The molecule has 0 aromatic heterocycles. The molecule has 0 bridgehead atoms. The molecule has 2 N–H and O–H groups in total. The zero-order valence-electron chi connectivity index (χ0n) is 19.2. The molecule has 29 heavy (non-hydrogen) atoms. The van der Waals surface area contributed by atoms with Gasteiger partial charge >= 0.3 is 5.97 Å². The van der Waals surface area contributed by atoms with E-state index in [1.54, 1.807) is 0 Å². The van der Waals surface area contributed by atoms with Crippen LogP contribution in [0.4, 0.5) is 5.69 Å². The van der Waals surface area contributed by atoms with Crippen molar-refractivity contribution in [1.29, 1.82) is 0 Å². The molecule has 1 unspecified atom stereocenters. The molecule has 166 valence electrons. The van der Waals surface area contributed by atoms with Gasteiger partial charge in [-0.2, -0.15) is 0 Å². The topological polar surface area (TPSA) is 49.3 Å². The van der Waals surface area contributed by atoms with E-state index < -0.39 is 11.9 Å². The summed E-state index contributed by atoms with van der Waals surface area (Å²) in [4.78, 5) is 11.2. The van der Waals surface area contributed by atoms with Gasteiger partial charge in [0.15, 0.2) is 0 Å². The van der Waals surface area contributed by atoms with E-state index in [1.807, 2.05) is 31.2 Å². The van der Waals surface area contributed by atoms with Gasteiger partial charge in [0, 0.05) is 12.2 Å². The predicted molar refractivity (Wildman–Crippen MR) is 126 cm³/mol. The largest absolute Gasteiger partial charge is 0.481 e. The van der Waals surface area contributed by atoms with Crippen LogP contribution in [-0.2, 0) is 4.79 Å². The number of rotatable bonds is 18. The molecule has 1 atom stereocenters. The predicted octanol–water partition coefficient (Wildman–Crippen LogP) is 8.01. The highest BCUT2D eigenvalue weighted by Gasteiger charge is 2.16. The monoisotopic (exact) mass is 403 g/mol. The molecule has 0 aliphatic rings. The lowest BCUT2D eigenvalue weighted by Gasteiger charge is -2.12. The Kier molecular flexibility index (Phi) is 14.4.